The van der Waals surface area contributed by atoms with Crippen LogP contribution < -0.4 is 0 Å². The number of rotatable bonds is 3. The van der Waals surface area contributed by atoms with Gasteiger partial charge in [0.2, 0.25) is 6.29 Å². The van der Waals surface area contributed by atoms with Gasteiger partial charge in [-0.05, 0) is 12.5 Å². The largest absolute Gasteiger partial charge is 0.290 e. The predicted octanol–water partition coefficient (Wildman–Crippen LogP) is 1.01. The van der Waals surface area contributed by atoms with Crippen LogP contribution in [0.15, 0.2) is 12.3 Å². The highest BCUT2D eigenvalue weighted by Crippen LogP contribution is 2.12. The molecule has 1 radical (unpaired) electrons. The molecule has 0 amide bonds. The van der Waals surface area contributed by atoms with Gasteiger partial charge >= 0.3 is 0 Å². The lowest BCUT2D eigenvalue weighted by atomic mass is 10.1. The summed E-state index contributed by atoms with van der Waals surface area (Å²) in [6.45, 7) is 1.93. The summed E-state index contributed by atoms with van der Waals surface area (Å²) in [6, 6.07) is 1.79. The van der Waals surface area contributed by atoms with Crippen LogP contribution in [-0.2, 0) is 4.79 Å². The zero-order valence-corrected chi connectivity index (χ0v) is 5.79. The lowest BCUT2D eigenvalue weighted by Crippen LogP contribution is -1.98. The number of hydrogen-bond donors (Lipinski definition) is 1. The molecule has 3 heteroatoms. The molecule has 1 N–H and O–H groups in total. The van der Waals surface area contributed by atoms with Crippen LogP contribution in [0.25, 0.3) is 0 Å². The van der Waals surface area contributed by atoms with Crippen LogP contribution in [0, 0.1) is 0 Å². The number of aromatic nitrogens is 2. The number of nitrogens with one attached hydrogen (secondary N) is 1. The molecule has 1 aromatic heterocycles. The molecule has 1 heterocycles. The van der Waals surface area contributed by atoms with Gasteiger partial charge in [0.05, 0.1) is 11.6 Å². The Morgan fingerprint density at radius 2 is 2.70 bits per heavy atom. The second-order valence-electron chi connectivity index (χ2n) is 2.08. The molecule has 0 aliphatic carbocycles. The number of hydrogen-bond acceptors (Lipinski definition) is 2. The standard InChI is InChI=1S/C7H9N2O/c1-2-6(5-10)7-3-4-8-9-7/h3-4,6H,2H2,1H3,(H,8,9). The molecule has 0 fully saturated rings. The lowest BCUT2D eigenvalue weighted by molar-refractivity contribution is 0.538. The van der Waals surface area contributed by atoms with E-state index in [1.807, 2.05) is 13.2 Å². The van der Waals surface area contributed by atoms with Crippen molar-refractivity contribution in [2.24, 2.45) is 0 Å². The fraction of sp³-hybridized carbons (Fsp3) is 0.429. The summed E-state index contributed by atoms with van der Waals surface area (Å²) in [5, 5.41) is 6.52. The van der Waals surface area contributed by atoms with E-state index in [4.69, 9.17) is 0 Å². The molecular weight excluding hydrogens is 128 g/mol. The topological polar surface area (TPSA) is 45.8 Å². The first-order valence-electron chi connectivity index (χ1n) is 3.25. The first-order chi connectivity index (χ1) is 4.88. The zero-order chi connectivity index (χ0) is 7.40. The van der Waals surface area contributed by atoms with Crippen molar-refractivity contribution in [1.82, 2.24) is 10.2 Å². The Balaban J connectivity index is 2.73. The van der Waals surface area contributed by atoms with Gasteiger partial charge in [-0.2, -0.15) is 5.10 Å². The molecule has 0 aliphatic rings. The first-order valence-corrected chi connectivity index (χ1v) is 3.25. The van der Waals surface area contributed by atoms with Crippen LogP contribution in [0.2, 0.25) is 0 Å². The Labute approximate surface area is 59.4 Å². The van der Waals surface area contributed by atoms with E-state index in [1.54, 1.807) is 12.3 Å². The summed E-state index contributed by atoms with van der Waals surface area (Å²) in [5.74, 6) is -0.161. The minimum Gasteiger partial charge on any atom is -0.290 e. The van der Waals surface area contributed by atoms with Gasteiger partial charge in [-0.3, -0.25) is 9.89 Å². The van der Waals surface area contributed by atoms with Crippen LogP contribution in [0.5, 0.6) is 0 Å². The minimum absolute atomic E-state index is 0.161. The SMILES string of the molecule is CCC([C]=O)c1cc[nH]n1. The normalized spacial score (nSPS) is 12.9. The van der Waals surface area contributed by atoms with Crippen molar-refractivity contribution in [3.05, 3.63) is 18.0 Å². The lowest BCUT2D eigenvalue weighted by Gasteiger charge is -1.98. The molecule has 0 aliphatic heterocycles. The molecule has 0 spiro atoms. The predicted molar refractivity (Wildman–Crippen MR) is 37.3 cm³/mol. The highest BCUT2D eigenvalue weighted by atomic mass is 16.1. The molecular formula is C7H9N2O. The van der Waals surface area contributed by atoms with E-state index in [-0.39, 0.29) is 5.92 Å². The van der Waals surface area contributed by atoms with Crippen LogP contribution in [0.1, 0.15) is 25.0 Å². The van der Waals surface area contributed by atoms with Crippen molar-refractivity contribution < 1.29 is 4.79 Å². The third-order valence-corrected chi connectivity index (χ3v) is 1.43. The van der Waals surface area contributed by atoms with Crippen LogP contribution >= 0.6 is 0 Å². The molecule has 53 valence electrons. The number of H-pyrrole nitrogens is 1. The molecule has 3 nitrogen and oxygen atoms in total. The molecule has 1 aromatic rings. The highest BCUT2D eigenvalue weighted by molar-refractivity contribution is 5.61. The van der Waals surface area contributed by atoms with Crippen molar-refractivity contribution in [2.45, 2.75) is 19.3 Å². The quantitative estimate of drug-likeness (QED) is 0.675. The van der Waals surface area contributed by atoms with Crippen molar-refractivity contribution in [2.75, 3.05) is 0 Å². The fourth-order valence-electron chi connectivity index (χ4n) is 0.819. The maximum atomic E-state index is 10.3. The van der Waals surface area contributed by atoms with Crippen LogP contribution in [-0.4, -0.2) is 16.5 Å². The number of nitrogens with zero attached hydrogens (tertiary/aromatic N) is 1. The Morgan fingerprint density at radius 3 is 3.10 bits per heavy atom. The van der Waals surface area contributed by atoms with Gasteiger partial charge in [-0.25, -0.2) is 0 Å². The molecule has 1 atom stereocenters. The summed E-state index contributed by atoms with van der Waals surface area (Å²) in [5.41, 5.74) is 0.775. The van der Waals surface area contributed by atoms with Crippen LogP contribution in [0.4, 0.5) is 0 Å². The zero-order valence-electron chi connectivity index (χ0n) is 5.79. The van der Waals surface area contributed by atoms with Gasteiger partial charge in [0.1, 0.15) is 0 Å². The van der Waals surface area contributed by atoms with Gasteiger partial charge in [-0.15, -0.1) is 0 Å². The Hall–Kier alpha value is -1.12. The first kappa shape index (κ1) is 6.99. The summed E-state index contributed by atoms with van der Waals surface area (Å²) < 4.78 is 0. The average molecular weight is 137 g/mol. The van der Waals surface area contributed by atoms with E-state index >= 15 is 0 Å². The van der Waals surface area contributed by atoms with Gasteiger partial charge < -0.3 is 0 Å². The minimum atomic E-state index is -0.161. The number of aromatic amines is 1. The van der Waals surface area contributed by atoms with Crippen molar-refractivity contribution in [3.63, 3.8) is 0 Å². The Morgan fingerprint density at radius 1 is 1.90 bits per heavy atom. The second-order valence-corrected chi connectivity index (χ2v) is 2.08. The van der Waals surface area contributed by atoms with Crippen molar-refractivity contribution >= 4 is 6.29 Å². The van der Waals surface area contributed by atoms with Gasteiger partial charge in [0.25, 0.3) is 0 Å². The second kappa shape index (κ2) is 3.15. The van der Waals surface area contributed by atoms with Crippen molar-refractivity contribution in [3.8, 4) is 0 Å². The summed E-state index contributed by atoms with van der Waals surface area (Å²) >= 11 is 0. The molecule has 0 saturated carbocycles. The van der Waals surface area contributed by atoms with E-state index < -0.39 is 0 Å². The van der Waals surface area contributed by atoms with E-state index in [9.17, 15) is 4.79 Å². The average Bonchev–Trinajstić information content (AvgIpc) is 2.43. The van der Waals surface area contributed by atoms with E-state index in [1.165, 1.54) is 0 Å². The maximum Gasteiger partial charge on any atom is 0.208 e. The number of carbonyl (C=O) groups excluding carboxylic acids is 1. The molecule has 0 aromatic carbocycles. The third-order valence-electron chi connectivity index (χ3n) is 1.43. The van der Waals surface area contributed by atoms with Gasteiger partial charge in [-0.1, -0.05) is 6.92 Å². The monoisotopic (exact) mass is 137 g/mol. The third kappa shape index (κ3) is 1.23. The van der Waals surface area contributed by atoms with Gasteiger partial charge in [0, 0.05) is 6.20 Å². The molecule has 1 unspecified atom stereocenters. The Kier molecular flexibility index (Phi) is 2.20. The summed E-state index contributed by atoms with van der Waals surface area (Å²) in [7, 11) is 0. The summed E-state index contributed by atoms with van der Waals surface area (Å²) in [4.78, 5) is 10.3. The van der Waals surface area contributed by atoms with E-state index in [0.29, 0.717) is 0 Å². The molecule has 1 rings (SSSR count). The molecule has 0 bridgehead atoms. The summed E-state index contributed by atoms with van der Waals surface area (Å²) in [6.07, 6.45) is 4.38. The smallest absolute Gasteiger partial charge is 0.208 e. The molecule has 10 heavy (non-hydrogen) atoms. The van der Waals surface area contributed by atoms with E-state index in [2.05, 4.69) is 10.2 Å². The van der Waals surface area contributed by atoms with Crippen LogP contribution in [0.3, 0.4) is 0 Å². The van der Waals surface area contributed by atoms with Gasteiger partial charge in [0.15, 0.2) is 0 Å². The fourth-order valence-corrected chi connectivity index (χ4v) is 0.819. The van der Waals surface area contributed by atoms with E-state index in [0.717, 1.165) is 12.1 Å². The van der Waals surface area contributed by atoms with Crippen molar-refractivity contribution in [1.29, 1.82) is 0 Å². The highest BCUT2D eigenvalue weighted by Gasteiger charge is 2.09. The maximum absolute atomic E-state index is 10.3. The molecule has 0 saturated heterocycles. The Bertz CT molecular complexity index is 193.